The van der Waals surface area contributed by atoms with Crippen molar-refractivity contribution in [2.75, 3.05) is 0 Å². The maximum absolute atomic E-state index is 13.4. The minimum absolute atomic E-state index is 0.116. The van der Waals surface area contributed by atoms with Crippen LogP contribution < -0.4 is 5.32 Å². The molecule has 3 atom stereocenters. The molecular weight excluding hydrogens is 402 g/mol. The van der Waals surface area contributed by atoms with E-state index in [-0.39, 0.29) is 4.90 Å². The van der Waals surface area contributed by atoms with Gasteiger partial charge < -0.3 is 14.8 Å². The van der Waals surface area contributed by atoms with E-state index in [1.165, 1.54) is 12.1 Å². The fourth-order valence-corrected chi connectivity index (χ4v) is 5.95. The summed E-state index contributed by atoms with van der Waals surface area (Å²) in [6.07, 6.45) is -0.300. The van der Waals surface area contributed by atoms with Crippen molar-refractivity contribution in [3.63, 3.8) is 0 Å². The van der Waals surface area contributed by atoms with Crippen LogP contribution in [0.3, 0.4) is 0 Å². The second-order valence-electron chi connectivity index (χ2n) is 8.84. The van der Waals surface area contributed by atoms with Crippen LogP contribution >= 0.6 is 0 Å². The number of carbonyl (C=O) groups excluding carboxylic acids is 2. The number of nitrogens with one attached hydrogen (secondary N) is 1. The summed E-state index contributed by atoms with van der Waals surface area (Å²) < 4.78 is 32.2. The van der Waals surface area contributed by atoms with Crippen molar-refractivity contribution >= 4 is 22.2 Å². The van der Waals surface area contributed by atoms with Gasteiger partial charge >= 0.3 is 6.09 Å². The largest absolute Gasteiger partial charge is 0.444 e. The molecule has 6 nitrogen and oxygen atoms in total. The molecule has 0 aromatic heterocycles. The van der Waals surface area contributed by atoms with E-state index in [0.29, 0.717) is 11.8 Å². The predicted molar refractivity (Wildman–Crippen MR) is 114 cm³/mol. The molecule has 30 heavy (non-hydrogen) atoms. The van der Waals surface area contributed by atoms with E-state index < -0.39 is 38.2 Å². The highest BCUT2D eigenvalue weighted by atomic mass is 32.2. The van der Waals surface area contributed by atoms with Crippen molar-refractivity contribution in [3.05, 3.63) is 65.2 Å². The minimum atomic E-state index is -3.90. The van der Waals surface area contributed by atoms with Gasteiger partial charge in [-0.2, -0.15) is 0 Å². The molecular formula is C23H27NO5S. The van der Waals surface area contributed by atoms with Gasteiger partial charge in [-0.3, -0.25) is 0 Å². The molecule has 1 aliphatic carbocycles. The number of alkyl carbamates (subject to hydrolysis) is 1. The molecule has 1 fully saturated rings. The van der Waals surface area contributed by atoms with E-state index in [9.17, 15) is 18.0 Å². The van der Waals surface area contributed by atoms with Crippen LogP contribution in [-0.4, -0.2) is 37.2 Å². The standard InChI is InChI=1S/C23H27NO5S/c1-15-6-10-17(11-7-15)19-20(30(27,28)18-12-8-16(2)9-13-18)23(19,14-25)24-21(26)29-22(3,4)5/h6-14,19-20H,1-5H3,(H,24,26)/t19-,20-,23-/m1/s1. The molecule has 7 heteroatoms. The SMILES string of the molecule is Cc1ccc([C@@H]2[C@@H](S(=O)(=O)c3ccc(C)cc3)[C@]2(C=O)NC(=O)OC(C)(C)C)cc1. The Balaban J connectivity index is 2.04. The Hall–Kier alpha value is -2.67. The maximum Gasteiger partial charge on any atom is 0.408 e. The summed E-state index contributed by atoms with van der Waals surface area (Å²) in [5.41, 5.74) is 0.224. The number of ether oxygens (including phenoxy) is 1. The smallest absolute Gasteiger partial charge is 0.408 e. The molecule has 1 aliphatic rings. The van der Waals surface area contributed by atoms with Crippen LogP contribution in [0.15, 0.2) is 53.4 Å². The zero-order chi connectivity index (χ0) is 22.3. The van der Waals surface area contributed by atoms with E-state index in [1.54, 1.807) is 45.0 Å². The molecule has 0 saturated heterocycles. The first-order valence-electron chi connectivity index (χ1n) is 9.75. The first-order valence-corrected chi connectivity index (χ1v) is 11.3. The summed E-state index contributed by atoms with van der Waals surface area (Å²) in [6, 6.07) is 13.8. The zero-order valence-corrected chi connectivity index (χ0v) is 18.6. The summed E-state index contributed by atoms with van der Waals surface area (Å²) in [5, 5.41) is 1.44. The molecule has 2 aromatic rings. The quantitative estimate of drug-likeness (QED) is 0.732. The summed E-state index contributed by atoms with van der Waals surface area (Å²) in [5.74, 6) is -0.713. The van der Waals surface area contributed by atoms with Crippen molar-refractivity contribution in [2.24, 2.45) is 0 Å². The Labute approximate surface area is 177 Å². The number of hydrogen-bond donors (Lipinski definition) is 1. The van der Waals surface area contributed by atoms with Crippen LogP contribution in [0, 0.1) is 13.8 Å². The van der Waals surface area contributed by atoms with Crippen molar-refractivity contribution in [1.29, 1.82) is 0 Å². The van der Waals surface area contributed by atoms with E-state index >= 15 is 0 Å². The highest BCUT2D eigenvalue weighted by molar-refractivity contribution is 7.92. The second-order valence-corrected chi connectivity index (χ2v) is 10.9. The number of benzene rings is 2. The number of aryl methyl sites for hydroxylation is 2. The van der Waals surface area contributed by atoms with Crippen LogP contribution in [0.4, 0.5) is 4.79 Å². The lowest BCUT2D eigenvalue weighted by atomic mass is 10.1. The summed E-state index contributed by atoms with van der Waals surface area (Å²) in [6.45, 7) is 8.88. The third-order valence-electron chi connectivity index (χ3n) is 5.21. The number of hydrogen-bond acceptors (Lipinski definition) is 5. The Kier molecular flexibility index (Phi) is 5.54. The van der Waals surface area contributed by atoms with Crippen molar-refractivity contribution in [2.45, 2.75) is 61.8 Å². The molecule has 1 saturated carbocycles. The van der Waals surface area contributed by atoms with Crippen LogP contribution in [0.1, 0.15) is 43.4 Å². The van der Waals surface area contributed by atoms with Gasteiger partial charge in [-0.1, -0.05) is 47.5 Å². The Morgan fingerprint density at radius 3 is 1.97 bits per heavy atom. The van der Waals surface area contributed by atoms with Crippen LogP contribution in [0.2, 0.25) is 0 Å². The third-order valence-corrected chi connectivity index (χ3v) is 7.47. The molecule has 0 spiro atoms. The van der Waals surface area contributed by atoms with Crippen LogP contribution in [-0.2, 0) is 19.4 Å². The topological polar surface area (TPSA) is 89.5 Å². The molecule has 0 unspecified atom stereocenters. The Bertz CT molecular complexity index is 1050. The number of amides is 1. The normalized spacial score (nSPS) is 23.5. The second kappa shape index (κ2) is 7.54. The fourth-order valence-electron chi connectivity index (χ4n) is 3.71. The zero-order valence-electron chi connectivity index (χ0n) is 17.8. The van der Waals surface area contributed by atoms with Crippen molar-refractivity contribution in [1.82, 2.24) is 5.32 Å². The van der Waals surface area contributed by atoms with Gasteiger partial charge in [0.25, 0.3) is 0 Å². The summed E-state index contributed by atoms with van der Waals surface area (Å²) in [4.78, 5) is 24.8. The molecule has 1 amide bonds. The summed E-state index contributed by atoms with van der Waals surface area (Å²) >= 11 is 0. The van der Waals surface area contributed by atoms with Gasteiger partial charge in [0.05, 0.1) is 4.90 Å². The van der Waals surface area contributed by atoms with Gasteiger partial charge in [-0.05, 0) is 52.3 Å². The molecule has 2 aromatic carbocycles. The lowest BCUT2D eigenvalue weighted by molar-refractivity contribution is -0.110. The lowest BCUT2D eigenvalue weighted by Gasteiger charge is -2.22. The lowest BCUT2D eigenvalue weighted by Crippen LogP contribution is -2.45. The average Bonchev–Trinajstić information content (AvgIpc) is 3.30. The van der Waals surface area contributed by atoms with Gasteiger partial charge in [0.15, 0.2) is 9.84 Å². The first kappa shape index (κ1) is 22.0. The Morgan fingerprint density at radius 1 is 1.00 bits per heavy atom. The van der Waals surface area contributed by atoms with E-state index in [2.05, 4.69) is 5.32 Å². The molecule has 160 valence electrons. The molecule has 1 N–H and O–H groups in total. The number of rotatable bonds is 5. The highest BCUT2D eigenvalue weighted by Gasteiger charge is 2.73. The van der Waals surface area contributed by atoms with E-state index in [0.717, 1.165) is 11.1 Å². The molecule has 3 rings (SSSR count). The molecule has 0 heterocycles. The highest BCUT2D eigenvalue weighted by Crippen LogP contribution is 2.56. The molecule has 0 radical (unpaired) electrons. The van der Waals surface area contributed by atoms with Crippen LogP contribution in [0.5, 0.6) is 0 Å². The molecule has 0 bridgehead atoms. The van der Waals surface area contributed by atoms with Gasteiger partial charge in [0, 0.05) is 5.92 Å². The third kappa shape index (κ3) is 4.12. The van der Waals surface area contributed by atoms with Crippen molar-refractivity contribution < 1.29 is 22.7 Å². The summed E-state index contributed by atoms with van der Waals surface area (Å²) in [7, 11) is -3.90. The minimum Gasteiger partial charge on any atom is -0.444 e. The van der Waals surface area contributed by atoms with Gasteiger partial charge in [0.2, 0.25) is 0 Å². The van der Waals surface area contributed by atoms with Crippen molar-refractivity contribution in [3.8, 4) is 0 Å². The average molecular weight is 430 g/mol. The van der Waals surface area contributed by atoms with E-state index in [4.69, 9.17) is 4.74 Å². The number of carbonyl (C=O) groups is 2. The van der Waals surface area contributed by atoms with Gasteiger partial charge in [-0.15, -0.1) is 0 Å². The van der Waals surface area contributed by atoms with Gasteiger partial charge in [0.1, 0.15) is 22.7 Å². The molecule has 0 aliphatic heterocycles. The predicted octanol–water partition coefficient (Wildman–Crippen LogP) is 3.71. The monoisotopic (exact) mass is 429 g/mol. The first-order chi connectivity index (χ1) is 13.9. The van der Waals surface area contributed by atoms with Gasteiger partial charge in [-0.25, -0.2) is 13.2 Å². The Morgan fingerprint density at radius 2 is 1.50 bits per heavy atom. The van der Waals surface area contributed by atoms with Crippen LogP contribution in [0.25, 0.3) is 0 Å². The fraction of sp³-hybridized carbons (Fsp3) is 0.391. The van der Waals surface area contributed by atoms with E-state index in [1.807, 2.05) is 26.0 Å². The number of aldehydes is 1. The maximum atomic E-state index is 13.4. The number of sulfone groups is 1.